The molecule has 174 valence electrons. The number of pyridine rings is 1. The highest BCUT2D eigenvalue weighted by Crippen LogP contribution is 2.31. The van der Waals surface area contributed by atoms with Crippen LogP contribution in [0.3, 0.4) is 0 Å². The fourth-order valence-corrected chi connectivity index (χ4v) is 4.87. The summed E-state index contributed by atoms with van der Waals surface area (Å²) in [5.74, 6) is -0.279. The molecule has 5 rings (SSSR count). The van der Waals surface area contributed by atoms with Crippen LogP contribution in [0.25, 0.3) is 10.6 Å². The highest BCUT2D eigenvalue weighted by molar-refractivity contribution is 7.13. The number of hydrogen-bond donors (Lipinski definition) is 3. The van der Waals surface area contributed by atoms with E-state index in [1.54, 1.807) is 23.8 Å². The summed E-state index contributed by atoms with van der Waals surface area (Å²) in [4.78, 5) is 23.9. The average Bonchev–Trinajstić information content (AvgIpc) is 3.50. The molecule has 1 aliphatic heterocycles. The normalized spacial score (nSPS) is 15.9. The molecule has 0 bridgehead atoms. The van der Waals surface area contributed by atoms with E-state index in [4.69, 9.17) is 11.5 Å². The van der Waals surface area contributed by atoms with Crippen LogP contribution < -0.4 is 21.7 Å². The van der Waals surface area contributed by atoms with Crippen LogP contribution in [0.2, 0.25) is 0 Å². The van der Waals surface area contributed by atoms with Gasteiger partial charge in [0.2, 0.25) is 0 Å². The number of aromatic nitrogens is 4. The molecule has 0 saturated carbocycles. The van der Waals surface area contributed by atoms with Gasteiger partial charge in [0.1, 0.15) is 10.7 Å². The van der Waals surface area contributed by atoms with E-state index in [9.17, 15) is 4.79 Å². The highest BCUT2D eigenvalue weighted by Gasteiger charge is 2.21. The maximum atomic E-state index is 13.0. The van der Waals surface area contributed by atoms with Gasteiger partial charge in [0.15, 0.2) is 0 Å². The molecule has 4 aromatic rings. The Morgan fingerprint density at radius 3 is 3.00 bits per heavy atom. The Hall–Kier alpha value is -3.76. The second-order valence-corrected chi connectivity index (χ2v) is 9.26. The van der Waals surface area contributed by atoms with Gasteiger partial charge in [0.05, 0.1) is 24.1 Å². The van der Waals surface area contributed by atoms with Crippen LogP contribution in [0.1, 0.15) is 28.9 Å². The number of nitrogens with one attached hydrogen (secondary N) is 1. The second-order valence-electron chi connectivity index (χ2n) is 8.40. The summed E-state index contributed by atoms with van der Waals surface area (Å²) in [7, 11) is 0. The van der Waals surface area contributed by atoms with Gasteiger partial charge < -0.3 is 21.7 Å². The van der Waals surface area contributed by atoms with Gasteiger partial charge in [-0.15, -0.1) is 11.3 Å². The summed E-state index contributed by atoms with van der Waals surface area (Å²) in [6, 6.07) is 9.58. The number of nitrogens with zero attached hydrogens (tertiary/aromatic N) is 5. The Labute approximate surface area is 201 Å². The Morgan fingerprint density at radius 1 is 1.26 bits per heavy atom. The molecule has 1 unspecified atom stereocenters. The van der Waals surface area contributed by atoms with E-state index >= 15 is 0 Å². The largest absolute Gasteiger partial charge is 0.399 e. The molecule has 1 atom stereocenters. The summed E-state index contributed by atoms with van der Waals surface area (Å²) in [5, 5.41) is 9.90. The average molecular weight is 475 g/mol. The molecule has 1 aromatic carbocycles. The monoisotopic (exact) mass is 474 g/mol. The van der Waals surface area contributed by atoms with E-state index in [2.05, 4.69) is 25.3 Å². The first-order valence-electron chi connectivity index (χ1n) is 11.1. The summed E-state index contributed by atoms with van der Waals surface area (Å²) in [6.07, 6.45) is 9.26. The van der Waals surface area contributed by atoms with Crippen LogP contribution in [0.5, 0.6) is 0 Å². The van der Waals surface area contributed by atoms with E-state index in [0.29, 0.717) is 23.6 Å². The molecular formula is C24H26N8OS. The lowest BCUT2D eigenvalue weighted by Crippen LogP contribution is -2.43. The molecule has 9 nitrogen and oxygen atoms in total. The van der Waals surface area contributed by atoms with E-state index in [0.717, 1.165) is 47.8 Å². The second kappa shape index (κ2) is 9.62. The number of nitrogens with two attached hydrogens (primary N) is 2. The van der Waals surface area contributed by atoms with Crippen molar-refractivity contribution in [1.29, 1.82) is 0 Å². The van der Waals surface area contributed by atoms with Gasteiger partial charge in [-0.1, -0.05) is 6.07 Å². The van der Waals surface area contributed by atoms with Crippen molar-refractivity contribution >= 4 is 34.3 Å². The first-order chi connectivity index (χ1) is 16.5. The third-order valence-corrected chi connectivity index (χ3v) is 6.64. The number of anilines is 3. The number of carbonyl (C=O) groups is 1. The first kappa shape index (κ1) is 22.1. The van der Waals surface area contributed by atoms with Gasteiger partial charge in [-0.3, -0.25) is 14.5 Å². The number of nitrogen functional groups attached to an aromatic ring is 1. The highest BCUT2D eigenvalue weighted by atomic mass is 32.1. The minimum absolute atomic E-state index is 0.120. The van der Waals surface area contributed by atoms with Gasteiger partial charge in [-0.2, -0.15) is 5.10 Å². The van der Waals surface area contributed by atoms with Crippen molar-refractivity contribution in [2.75, 3.05) is 29.0 Å². The van der Waals surface area contributed by atoms with Crippen molar-refractivity contribution in [2.24, 2.45) is 5.73 Å². The van der Waals surface area contributed by atoms with Crippen molar-refractivity contribution in [3.63, 3.8) is 0 Å². The van der Waals surface area contributed by atoms with Gasteiger partial charge in [-0.05, 0) is 42.7 Å². The lowest BCUT2D eigenvalue weighted by molar-refractivity contribution is 0.102. The molecule has 4 heterocycles. The zero-order chi connectivity index (χ0) is 23.5. The van der Waals surface area contributed by atoms with Crippen LogP contribution in [0.4, 0.5) is 17.1 Å². The SMILES string of the molecule is Nc1ccc(N2CCCC(N)C2)c(NC(=O)c2csc(-c3cnn(Cc4cccnc4)c3)n2)c1. The molecule has 34 heavy (non-hydrogen) atoms. The number of amides is 1. The summed E-state index contributed by atoms with van der Waals surface area (Å²) in [6.45, 7) is 2.26. The predicted octanol–water partition coefficient (Wildman–Crippen LogP) is 3.21. The van der Waals surface area contributed by atoms with E-state index < -0.39 is 0 Å². The third kappa shape index (κ3) is 4.92. The third-order valence-electron chi connectivity index (χ3n) is 5.75. The molecule has 10 heteroatoms. The summed E-state index contributed by atoms with van der Waals surface area (Å²) in [5.41, 5.74) is 16.6. The molecule has 1 saturated heterocycles. The maximum absolute atomic E-state index is 13.0. The van der Waals surface area contributed by atoms with E-state index in [-0.39, 0.29) is 11.9 Å². The molecule has 0 aliphatic carbocycles. The predicted molar refractivity (Wildman–Crippen MR) is 135 cm³/mol. The fraction of sp³-hybridized carbons (Fsp3) is 0.250. The zero-order valence-corrected chi connectivity index (χ0v) is 19.4. The van der Waals surface area contributed by atoms with Crippen molar-refractivity contribution in [2.45, 2.75) is 25.4 Å². The molecule has 1 fully saturated rings. The minimum atomic E-state index is -0.279. The quantitative estimate of drug-likeness (QED) is 0.366. The van der Waals surface area contributed by atoms with Gasteiger partial charge in [0.25, 0.3) is 5.91 Å². The van der Waals surface area contributed by atoms with Crippen LogP contribution >= 0.6 is 11.3 Å². The zero-order valence-electron chi connectivity index (χ0n) is 18.6. The number of thiazole rings is 1. The molecule has 5 N–H and O–H groups in total. The lowest BCUT2D eigenvalue weighted by Gasteiger charge is -2.34. The number of benzene rings is 1. The number of hydrogen-bond acceptors (Lipinski definition) is 8. The van der Waals surface area contributed by atoms with Gasteiger partial charge in [0, 0.05) is 54.4 Å². The Morgan fingerprint density at radius 2 is 2.18 bits per heavy atom. The number of rotatable bonds is 6. The van der Waals surface area contributed by atoms with Gasteiger partial charge >= 0.3 is 0 Å². The van der Waals surface area contributed by atoms with Crippen LogP contribution in [-0.4, -0.2) is 44.8 Å². The topological polar surface area (TPSA) is 128 Å². The van der Waals surface area contributed by atoms with E-state index in [1.165, 1.54) is 11.3 Å². The lowest BCUT2D eigenvalue weighted by atomic mass is 10.1. The van der Waals surface area contributed by atoms with Crippen molar-refractivity contribution in [1.82, 2.24) is 19.7 Å². The molecule has 3 aromatic heterocycles. The molecule has 1 aliphatic rings. The van der Waals surface area contributed by atoms with E-state index in [1.807, 2.05) is 41.3 Å². The van der Waals surface area contributed by atoms with Crippen LogP contribution in [0.15, 0.2) is 60.5 Å². The van der Waals surface area contributed by atoms with Crippen LogP contribution in [-0.2, 0) is 6.54 Å². The van der Waals surface area contributed by atoms with Gasteiger partial charge in [-0.25, -0.2) is 4.98 Å². The number of carbonyl (C=O) groups excluding carboxylic acids is 1. The molecule has 0 radical (unpaired) electrons. The fourth-order valence-electron chi connectivity index (χ4n) is 4.09. The standard InChI is InChI=1S/C24H26N8OS/c25-18-5-6-22(31-8-2-4-19(26)14-31)20(9-18)29-23(33)21-15-34-24(30-21)17-11-28-32(13-17)12-16-3-1-7-27-10-16/h1,3,5-7,9-11,13,15,19H,2,4,8,12,14,25-26H2,(H,29,33). The maximum Gasteiger partial charge on any atom is 0.275 e. The molecular weight excluding hydrogens is 448 g/mol. The van der Waals surface area contributed by atoms with Crippen molar-refractivity contribution < 1.29 is 4.79 Å². The van der Waals surface area contributed by atoms with Crippen LogP contribution in [0, 0.1) is 0 Å². The Bertz CT molecular complexity index is 1290. The Balaban J connectivity index is 1.31. The minimum Gasteiger partial charge on any atom is -0.399 e. The van der Waals surface area contributed by atoms with Crippen molar-refractivity contribution in [3.05, 3.63) is 71.8 Å². The summed E-state index contributed by atoms with van der Waals surface area (Å²) < 4.78 is 1.83. The molecule has 1 amide bonds. The molecule has 0 spiro atoms. The Kier molecular flexibility index (Phi) is 6.24. The summed E-state index contributed by atoms with van der Waals surface area (Å²) >= 11 is 1.41. The smallest absolute Gasteiger partial charge is 0.275 e. The first-order valence-corrected chi connectivity index (χ1v) is 12.0. The number of piperidine rings is 1. The van der Waals surface area contributed by atoms with Crippen molar-refractivity contribution in [3.8, 4) is 10.6 Å².